The average Bonchev–Trinajstić information content (AvgIpc) is 3.78. The number of nitrogens with zero attached hydrogens (tertiary/aromatic N) is 2. The van der Waals surface area contributed by atoms with E-state index in [2.05, 4.69) is 10.3 Å². The van der Waals surface area contributed by atoms with Crippen LogP contribution >= 0.6 is 0 Å². The number of aromatic hydroxyl groups is 2. The minimum Gasteiger partial charge on any atom is -0.507 e. The molecule has 0 unspecified atom stereocenters. The number of hydrogen-bond donors (Lipinski definition) is 6. The van der Waals surface area contributed by atoms with Gasteiger partial charge in [-0.15, -0.1) is 0 Å². The Morgan fingerprint density at radius 3 is 2.31 bits per heavy atom. The summed E-state index contributed by atoms with van der Waals surface area (Å²) in [4.78, 5) is 63.3. The van der Waals surface area contributed by atoms with Crippen molar-refractivity contribution in [3.05, 3.63) is 47.3 Å². The predicted octanol–water partition coefficient (Wildman–Crippen LogP) is 5.70. The zero-order valence-electron chi connectivity index (χ0n) is 37.2. The number of nitrogens with one attached hydrogen (secondary N) is 2. The molecule has 17 heteroatoms. The molecule has 1 amide bonds. The second-order valence-corrected chi connectivity index (χ2v) is 16.4. The lowest BCUT2D eigenvalue weighted by molar-refractivity contribution is -0.160. The molecular formula is C45H60N4O13. The van der Waals surface area contributed by atoms with Crippen molar-refractivity contribution >= 4 is 57.1 Å². The molecule has 5 rings (SSSR count). The lowest BCUT2D eigenvalue weighted by Crippen LogP contribution is -2.46. The molecule has 0 radical (unpaired) electrons. The van der Waals surface area contributed by atoms with E-state index in [1.54, 1.807) is 51.7 Å². The molecule has 62 heavy (non-hydrogen) atoms. The van der Waals surface area contributed by atoms with E-state index < -0.39 is 89.0 Å². The molecule has 17 nitrogen and oxygen atoms in total. The van der Waals surface area contributed by atoms with Crippen molar-refractivity contribution in [3.8, 4) is 17.2 Å². The highest BCUT2D eigenvalue weighted by atomic mass is 16.7. The second kappa shape index (κ2) is 19.2. The molecular weight excluding hydrogens is 805 g/mol. The average molecular weight is 865 g/mol. The number of allylic oxidation sites excluding steroid dienone is 2. The van der Waals surface area contributed by atoms with Crippen molar-refractivity contribution in [2.45, 2.75) is 106 Å². The first kappa shape index (κ1) is 47.4. The normalized spacial score (nSPS) is 29.1. The maximum Gasteiger partial charge on any atom is 0.325 e. The second-order valence-electron chi connectivity index (χ2n) is 16.4. The van der Waals surface area contributed by atoms with Gasteiger partial charge in [0.15, 0.2) is 5.75 Å². The van der Waals surface area contributed by atoms with Crippen LogP contribution in [-0.2, 0) is 33.3 Å². The van der Waals surface area contributed by atoms with Crippen molar-refractivity contribution in [3.63, 3.8) is 0 Å². The largest absolute Gasteiger partial charge is 0.507 e. The van der Waals surface area contributed by atoms with Gasteiger partial charge in [-0.05, 0) is 33.3 Å². The van der Waals surface area contributed by atoms with Crippen LogP contribution in [0.25, 0.3) is 21.8 Å². The van der Waals surface area contributed by atoms with E-state index in [1.165, 1.54) is 53.2 Å². The highest BCUT2D eigenvalue weighted by molar-refractivity contribution is 6.28. The molecule has 0 saturated heterocycles. The van der Waals surface area contributed by atoms with Crippen LogP contribution in [0.15, 0.2) is 36.1 Å². The lowest BCUT2D eigenvalue weighted by Gasteiger charge is -2.38. The van der Waals surface area contributed by atoms with E-state index in [1.807, 2.05) is 6.92 Å². The summed E-state index contributed by atoms with van der Waals surface area (Å²) in [5.41, 5.74) is 0.186. The lowest BCUT2D eigenvalue weighted by atomic mass is 9.78. The summed E-state index contributed by atoms with van der Waals surface area (Å²) in [7, 11) is 1.44. The van der Waals surface area contributed by atoms with Crippen LogP contribution in [-0.4, -0.2) is 111 Å². The number of aliphatic hydroxyl groups excluding tert-OH is 2. The van der Waals surface area contributed by atoms with Gasteiger partial charge >= 0.3 is 17.7 Å². The molecule has 2 aliphatic rings. The van der Waals surface area contributed by atoms with Crippen molar-refractivity contribution in [1.82, 2.24) is 9.97 Å². The highest BCUT2D eigenvalue weighted by Crippen LogP contribution is 2.54. The molecule has 3 aromatic rings. The number of imidazole rings is 1. The number of Topliss-reactive ketones (excluding diaryl/α,β-unsaturated/α-hetero) is 1. The number of ether oxygens (including phenoxy) is 5. The van der Waals surface area contributed by atoms with Crippen molar-refractivity contribution in [2.24, 2.45) is 23.7 Å². The van der Waals surface area contributed by atoms with Gasteiger partial charge in [0.2, 0.25) is 5.95 Å². The Bertz CT molecular complexity index is 2300. The molecule has 6 N–H and O–H groups in total. The van der Waals surface area contributed by atoms with Gasteiger partial charge in [0, 0.05) is 67.7 Å². The SMILES string of the molecule is CCCN(CC(=O)OCC)c1nc2c([nH]1)c1c(O)c3c(O)c(C)c4c(c32)C(=O)[C@@](C)(O/C=C/[C@H](OC)[C@@H](C)[C@H](OC(C)=O)[C@H](C)[C@@H](O)[C@H](C)[C@@H](O)[C@H](C)/C=C/C=C(/C)C(=O)N1)O4. The number of amides is 1. The number of aromatic nitrogens is 2. The van der Waals surface area contributed by atoms with Gasteiger partial charge in [0.25, 0.3) is 11.7 Å². The molecule has 2 aliphatic heterocycles. The Labute approximate surface area is 360 Å². The minimum atomic E-state index is -2.03. The summed E-state index contributed by atoms with van der Waals surface area (Å²) in [6, 6.07) is 0. The molecule has 0 saturated carbocycles. The molecule has 0 aliphatic carbocycles. The number of phenols is 2. The summed E-state index contributed by atoms with van der Waals surface area (Å²) in [6.45, 7) is 16.5. The van der Waals surface area contributed by atoms with Crippen LogP contribution in [0.5, 0.6) is 17.2 Å². The van der Waals surface area contributed by atoms with Gasteiger partial charge in [0.05, 0.1) is 47.6 Å². The standard InChI is InChI=1S/C45H60N4O13/c1-12-18-49(20-29(51)59-13-2)44-47-33-30-31-38(54)26(8)41-32(30)42(56)45(10,62-41)60-19-17-28(58-11)23(5)40(61-27(9)50)25(7)37(53)24(6)36(52)21(3)15-14-16-22(4)43(57)46-35(39(31)55)34(33)48-44/h14-17,19,21,23-25,28,36-37,40,52-55H,12-13,18,20H2,1-11H3,(H,46,57)(H,47,48)/b15-14+,19-17+,22-16-/t21-,23-,24-,25-,28+,36+,37+,40+,45+/m1/s1. The fourth-order valence-corrected chi connectivity index (χ4v) is 8.24. The summed E-state index contributed by atoms with van der Waals surface area (Å²) in [5, 5.41) is 49.3. The van der Waals surface area contributed by atoms with Gasteiger partial charge < -0.3 is 59.3 Å². The van der Waals surface area contributed by atoms with E-state index >= 15 is 0 Å². The Balaban J connectivity index is 1.76. The van der Waals surface area contributed by atoms with Gasteiger partial charge in [-0.25, -0.2) is 4.98 Å². The summed E-state index contributed by atoms with van der Waals surface area (Å²) in [6.07, 6.45) is 4.21. The third-order valence-electron chi connectivity index (χ3n) is 11.9. The first-order valence-electron chi connectivity index (χ1n) is 20.9. The third kappa shape index (κ3) is 9.10. The quantitative estimate of drug-likeness (QED) is 0.118. The molecule has 3 heterocycles. The minimum absolute atomic E-state index is 0.00317. The van der Waals surface area contributed by atoms with Crippen LogP contribution in [0.4, 0.5) is 11.6 Å². The Hall–Kier alpha value is -5.65. The molecule has 1 aromatic heterocycles. The fourth-order valence-electron chi connectivity index (χ4n) is 8.24. The van der Waals surface area contributed by atoms with Crippen molar-refractivity contribution in [1.29, 1.82) is 0 Å². The van der Waals surface area contributed by atoms with Crippen molar-refractivity contribution < 1.29 is 63.3 Å². The number of methoxy groups -OCH3 is 1. The topological polar surface area (TPSA) is 239 Å². The predicted molar refractivity (Wildman–Crippen MR) is 231 cm³/mol. The van der Waals surface area contributed by atoms with Crippen LogP contribution in [0.1, 0.15) is 84.7 Å². The van der Waals surface area contributed by atoms with E-state index in [-0.39, 0.29) is 69.0 Å². The number of anilines is 2. The number of carbonyl (C=O) groups excluding carboxylic acids is 4. The molecule has 0 fully saturated rings. The van der Waals surface area contributed by atoms with Crippen LogP contribution in [0.2, 0.25) is 0 Å². The monoisotopic (exact) mass is 864 g/mol. The first-order chi connectivity index (χ1) is 29.2. The number of benzene rings is 2. The maximum absolute atomic E-state index is 14.7. The molecule has 338 valence electrons. The Kier molecular flexibility index (Phi) is 14.7. The number of ketones is 1. The summed E-state index contributed by atoms with van der Waals surface area (Å²) >= 11 is 0. The number of phenolic OH excluding ortho intramolecular Hbond substituents is 2. The van der Waals surface area contributed by atoms with Gasteiger partial charge in [-0.3, -0.25) is 19.2 Å². The Morgan fingerprint density at radius 1 is 0.984 bits per heavy atom. The number of H-pyrrole nitrogens is 1. The van der Waals surface area contributed by atoms with E-state index in [9.17, 15) is 39.6 Å². The number of aromatic amines is 1. The van der Waals surface area contributed by atoms with E-state index in [0.29, 0.717) is 13.0 Å². The van der Waals surface area contributed by atoms with E-state index in [4.69, 9.17) is 28.7 Å². The number of esters is 2. The van der Waals surface area contributed by atoms with Gasteiger partial charge in [0.1, 0.15) is 35.4 Å². The fraction of sp³-hybridized carbons (Fsp3) is 0.533. The van der Waals surface area contributed by atoms with Crippen LogP contribution in [0, 0.1) is 30.6 Å². The third-order valence-corrected chi connectivity index (χ3v) is 11.9. The van der Waals surface area contributed by atoms with Crippen LogP contribution in [0.3, 0.4) is 0 Å². The number of aliphatic hydroxyl groups is 2. The highest BCUT2D eigenvalue weighted by Gasteiger charge is 2.50. The zero-order valence-corrected chi connectivity index (χ0v) is 37.2. The summed E-state index contributed by atoms with van der Waals surface area (Å²) in [5.74, 6) is -7.89. The van der Waals surface area contributed by atoms with Crippen LogP contribution < -0.4 is 15.0 Å². The molecule has 2 aromatic carbocycles. The van der Waals surface area contributed by atoms with Gasteiger partial charge in [-0.1, -0.05) is 52.8 Å². The first-order valence-corrected chi connectivity index (χ1v) is 20.9. The number of fused-ring (bicyclic) bond motifs is 1. The molecule has 0 spiro atoms. The summed E-state index contributed by atoms with van der Waals surface area (Å²) < 4.78 is 29.0. The maximum atomic E-state index is 14.7. The van der Waals surface area contributed by atoms with Crippen molar-refractivity contribution in [2.75, 3.05) is 37.0 Å². The van der Waals surface area contributed by atoms with E-state index in [0.717, 1.165) is 0 Å². The molecule has 4 bridgehead atoms. The number of hydrogen-bond acceptors (Lipinski definition) is 15. The number of rotatable bonds is 8. The van der Waals surface area contributed by atoms with Gasteiger partial charge in [-0.2, -0.15) is 0 Å². The molecule has 9 atom stereocenters. The zero-order chi connectivity index (χ0) is 46.0. The number of carbonyl (C=O) groups is 4. The Morgan fingerprint density at radius 2 is 1.68 bits per heavy atom. The smallest absolute Gasteiger partial charge is 0.325 e.